The Labute approximate surface area is 166 Å². The van der Waals surface area contributed by atoms with Crippen LogP contribution in [-0.4, -0.2) is 41.3 Å². The third kappa shape index (κ3) is 4.84. The summed E-state index contributed by atoms with van der Waals surface area (Å²) in [7, 11) is 0. The average molecular weight is 410 g/mol. The third-order valence-electron chi connectivity index (χ3n) is 4.56. The zero-order valence-electron chi connectivity index (χ0n) is 15.0. The number of amides is 2. The van der Waals surface area contributed by atoms with Crippen LogP contribution in [0.3, 0.4) is 0 Å². The molecule has 0 bridgehead atoms. The summed E-state index contributed by atoms with van der Waals surface area (Å²) < 4.78 is 14.1. The van der Waals surface area contributed by atoms with Crippen LogP contribution in [0.4, 0.5) is 4.39 Å². The van der Waals surface area contributed by atoms with E-state index in [9.17, 15) is 14.0 Å². The number of rotatable bonds is 5. The molecule has 1 aliphatic rings. The molecule has 2 heterocycles. The summed E-state index contributed by atoms with van der Waals surface area (Å²) in [4.78, 5) is 30.0. The van der Waals surface area contributed by atoms with E-state index in [-0.39, 0.29) is 28.3 Å². The number of nitrogens with zero attached hydrogens (tertiary/aromatic N) is 2. The molecule has 1 aliphatic heterocycles. The van der Waals surface area contributed by atoms with E-state index in [1.54, 1.807) is 16.2 Å². The molecule has 0 aliphatic carbocycles. The maximum Gasteiger partial charge on any atom is 0.258 e. The topological polar surface area (TPSA) is 62.3 Å². The lowest BCUT2D eigenvalue weighted by Gasteiger charge is -2.32. The summed E-state index contributed by atoms with van der Waals surface area (Å²) >= 11 is 7.61. The molecule has 1 atom stereocenters. The van der Waals surface area contributed by atoms with E-state index < -0.39 is 5.82 Å². The molecule has 1 aromatic carbocycles. The fourth-order valence-electron chi connectivity index (χ4n) is 3.21. The second-order valence-corrected chi connectivity index (χ2v) is 7.89. The molecular weight excluding hydrogens is 389 g/mol. The molecule has 3 rings (SSSR count). The van der Waals surface area contributed by atoms with E-state index in [0.717, 1.165) is 23.5 Å². The lowest BCUT2D eigenvalue weighted by molar-refractivity contribution is -0.118. The number of nitrogens with one attached hydrogen (secondary N) is 1. The van der Waals surface area contributed by atoms with E-state index in [4.69, 9.17) is 11.6 Å². The maximum absolute atomic E-state index is 14.1. The minimum atomic E-state index is -0.593. The first kappa shape index (κ1) is 19.8. The summed E-state index contributed by atoms with van der Waals surface area (Å²) in [6.45, 7) is 3.13. The van der Waals surface area contributed by atoms with Crippen molar-refractivity contribution in [2.75, 3.05) is 19.6 Å². The van der Waals surface area contributed by atoms with E-state index in [1.807, 2.05) is 5.38 Å². The van der Waals surface area contributed by atoms with Gasteiger partial charge >= 0.3 is 0 Å². The Hall–Kier alpha value is -1.99. The van der Waals surface area contributed by atoms with E-state index in [0.29, 0.717) is 26.1 Å². The first-order valence-corrected chi connectivity index (χ1v) is 10.1. The van der Waals surface area contributed by atoms with Crippen LogP contribution in [0.1, 0.15) is 46.7 Å². The van der Waals surface area contributed by atoms with E-state index in [1.165, 1.54) is 25.1 Å². The van der Waals surface area contributed by atoms with Gasteiger partial charge in [0.1, 0.15) is 5.82 Å². The van der Waals surface area contributed by atoms with Gasteiger partial charge in [0.15, 0.2) is 0 Å². The van der Waals surface area contributed by atoms with Gasteiger partial charge < -0.3 is 10.2 Å². The molecule has 1 N–H and O–H groups in total. The number of hydrogen-bond acceptors (Lipinski definition) is 4. The van der Waals surface area contributed by atoms with Crippen LogP contribution in [-0.2, 0) is 11.2 Å². The number of likely N-dealkylation sites (tertiary alicyclic amines) is 1. The van der Waals surface area contributed by atoms with Crippen LogP contribution in [0.2, 0.25) is 5.02 Å². The minimum absolute atomic E-state index is 0.0568. The van der Waals surface area contributed by atoms with Crippen molar-refractivity contribution in [1.82, 2.24) is 15.2 Å². The number of carbonyl (C=O) groups is 2. The van der Waals surface area contributed by atoms with Crippen LogP contribution in [0.25, 0.3) is 0 Å². The Morgan fingerprint density at radius 3 is 3.00 bits per heavy atom. The molecule has 2 aromatic rings. The molecule has 1 aromatic heterocycles. The van der Waals surface area contributed by atoms with Crippen LogP contribution < -0.4 is 5.32 Å². The fraction of sp³-hybridized carbons (Fsp3) is 0.421. The van der Waals surface area contributed by atoms with Crippen LogP contribution in [0.15, 0.2) is 23.6 Å². The Balaban J connectivity index is 1.67. The number of aromatic nitrogens is 1. The molecule has 8 heteroatoms. The predicted molar refractivity (Wildman–Crippen MR) is 104 cm³/mol. The van der Waals surface area contributed by atoms with Gasteiger partial charge in [-0.15, -0.1) is 11.3 Å². The number of benzene rings is 1. The highest BCUT2D eigenvalue weighted by molar-refractivity contribution is 7.09. The maximum atomic E-state index is 14.1. The van der Waals surface area contributed by atoms with Crippen LogP contribution in [0.5, 0.6) is 0 Å². The third-order valence-corrected chi connectivity index (χ3v) is 5.93. The monoisotopic (exact) mass is 409 g/mol. The van der Waals surface area contributed by atoms with Crippen LogP contribution in [0, 0.1) is 5.82 Å². The second-order valence-electron chi connectivity index (χ2n) is 6.60. The first-order chi connectivity index (χ1) is 13.0. The molecule has 144 valence electrons. The van der Waals surface area contributed by atoms with E-state index in [2.05, 4.69) is 10.3 Å². The summed E-state index contributed by atoms with van der Waals surface area (Å²) in [6, 6.07) is 4.27. The SMILES string of the molecule is CC(=O)NCCc1csc([C@H]2CCCN(C(=O)c3c(F)cccc3Cl)C2)n1. The molecule has 0 saturated carbocycles. The fourth-order valence-corrected chi connectivity index (χ4v) is 4.44. The highest BCUT2D eigenvalue weighted by Crippen LogP contribution is 2.31. The Morgan fingerprint density at radius 1 is 1.44 bits per heavy atom. The average Bonchev–Trinajstić information content (AvgIpc) is 3.10. The van der Waals surface area contributed by atoms with E-state index >= 15 is 0 Å². The summed E-state index contributed by atoms with van der Waals surface area (Å²) in [6.07, 6.45) is 2.45. The second kappa shape index (κ2) is 8.80. The van der Waals surface area contributed by atoms with Crippen molar-refractivity contribution in [3.63, 3.8) is 0 Å². The van der Waals surface area contributed by atoms with Gasteiger partial charge in [0.2, 0.25) is 5.91 Å². The standard InChI is InChI=1S/C19H21ClFN3O2S/c1-12(25)22-8-7-14-11-27-18(23-14)13-4-3-9-24(10-13)19(26)17-15(20)5-2-6-16(17)21/h2,5-6,11,13H,3-4,7-10H2,1H3,(H,22,25)/t13-/m0/s1. The van der Waals surface area contributed by atoms with Gasteiger partial charge in [-0.1, -0.05) is 17.7 Å². The lowest BCUT2D eigenvalue weighted by atomic mass is 9.98. The van der Waals surface area contributed by atoms with Crippen molar-refractivity contribution in [1.29, 1.82) is 0 Å². The summed E-state index contributed by atoms with van der Waals surface area (Å²) in [5.74, 6) is -0.888. The van der Waals surface area contributed by atoms with Crippen molar-refractivity contribution in [3.05, 3.63) is 50.7 Å². The number of hydrogen-bond donors (Lipinski definition) is 1. The molecule has 5 nitrogen and oxygen atoms in total. The highest BCUT2D eigenvalue weighted by Gasteiger charge is 2.29. The van der Waals surface area contributed by atoms with Gasteiger partial charge in [-0.25, -0.2) is 9.37 Å². The largest absolute Gasteiger partial charge is 0.356 e. The highest BCUT2D eigenvalue weighted by atomic mass is 35.5. The molecule has 1 saturated heterocycles. The van der Waals surface area contributed by atoms with Crippen LogP contribution >= 0.6 is 22.9 Å². The molecule has 1 fully saturated rings. The lowest BCUT2D eigenvalue weighted by Crippen LogP contribution is -2.39. The van der Waals surface area contributed by atoms with Gasteiger partial charge in [-0.2, -0.15) is 0 Å². The summed E-state index contributed by atoms with van der Waals surface area (Å²) in [5.41, 5.74) is 0.874. The van der Waals surface area contributed by atoms with Crippen molar-refractivity contribution in [2.45, 2.75) is 32.1 Å². The molecule has 27 heavy (non-hydrogen) atoms. The summed E-state index contributed by atoms with van der Waals surface area (Å²) in [5, 5.41) is 5.86. The molecule has 0 spiro atoms. The van der Waals surface area contributed by atoms with Crippen molar-refractivity contribution < 1.29 is 14.0 Å². The molecule has 0 unspecified atom stereocenters. The molecular formula is C19H21ClFN3O2S. The van der Waals surface area contributed by atoms with Gasteiger partial charge in [-0.3, -0.25) is 9.59 Å². The predicted octanol–water partition coefficient (Wildman–Crippen LogP) is 3.63. The minimum Gasteiger partial charge on any atom is -0.356 e. The first-order valence-electron chi connectivity index (χ1n) is 8.87. The normalized spacial score (nSPS) is 17.0. The Bertz CT molecular complexity index is 822. The quantitative estimate of drug-likeness (QED) is 0.820. The number of thiazole rings is 1. The van der Waals surface area contributed by atoms with Crippen molar-refractivity contribution >= 4 is 34.8 Å². The Kier molecular flexibility index (Phi) is 6.44. The van der Waals surface area contributed by atoms with Gasteiger partial charge in [0.25, 0.3) is 5.91 Å². The molecule has 0 radical (unpaired) electrons. The zero-order chi connectivity index (χ0) is 19.4. The van der Waals surface area contributed by atoms with Gasteiger partial charge in [0.05, 0.1) is 21.3 Å². The van der Waals surface area contributed by atoms with Crippen molar-refractivity contribution in [2.24, 2.45) is 0 Å². The zero-order valence-corrected chi connectivity index (χ0v) is 16.6. The smallest absolute Gasteiger partial charge is 0.258 e. The van der Waals surface area contributed by atoms with Gasteiger partial charge in [-0.05, 0) is 25.0 Å². The number of piperidine rings is 1. The van der Waals surface area contributed by atoms with Crippen molar-refractivity contribution in [3.8, 4) is 0 Å². The number of carbonyl (C=O) groups excluding carboxylic acids is 2. The number of halogens is 2. The molecule has 2 amide bonds. The Morgan fingerprint density at radius 2 is 2.26 bits per heavy atom. The van der Waals surface area contributed by atoms with Gasteiger partial charge in [0, 0.05) is 44.3 Å².